The first kappa shape index (κ1) is 14.3. The minimum absolute atomic E-state index is 0.0620. The van der Waals surface area contributed by atoms with E-state index in [-0.39, 0.29) is 18.6 Å². The molecule has 0 saturated carbocycles. The van der Waals surface area contributed by atoms with E-state index in [1.807, 2.05) is 25.1 Å². The summed E-state index contributed by atoms with van der Waals surface area (Å²) in [4.78, 5) is 15.5. The highest BCUT2D eigenvalue weighted by Gasteiger charge is 2.17. The number of nitrogen functional groups attached to an aromatic ring is 1. The molecular weight excluding hydrogens is 230 g/mol. The first-order valence-corrected chi connectivity index (χ1v) is 5.83. The molecule has 0 bridgehead atoms. The van der Waals surface area contributed by atoms with E-state index in [2.05, 4.69) is 0 Å². The Labute approximate surface area is 108 Å². The van der Waals surface area contributed by atoms with Gasteiger partial charge in [-0.15, -0.1) is 0 Å². The zero-order valence-corrected chi connectivity index (χ0v) is 11.3. The number of carbonyl (C=O) groups is 1. The van der Waals surface area contributed by atoms with E-state index < -0.39 is 0 Å². The van der Waals surface area contributed by atoms with Crippen molar-refractivity contribution in [2.75, 3.05) is 38.4 Å². The number of benzene rings is 1. The smallest absolute Gasteiger partial charge is 0.253 e. The third-order valence-corrected chi connectivity index (χ3v) is 3.00. The molecule has 5 heteroatoms. The van der Waals surface area contributed by atoms with Crippen LogP contribution in [0.15, 0.2) is 18.2 Å². The van der Waals surface area contributed by atoms with Crippen molar-refractivity contribution in [2.24, 2.45) is 0 Å². The number of anilines is 2. The molecule has 18 heavy (non-hydrogen) atoms. The van der Waals surface area contributed by atoms with E-state index in [1.54, 1.807) is 26.1 Å². The third-order valence-electron chi connectivity index (χ3n) is 3.00. The van der Waals surface area contributed by atoms with Gasteiger partial charge in [0.15, 0.2) is 0 Å². The zero-order valence-electron chi connectivity index (χ0n) is 11.3. The molecule has 0 radical (unpaired) electrons. The van der Waals surface area contributed by atoms with E-state index >= 15 is 0 Å². The van der Waals surface area contributed by atoms with E-state index in [4.69, 9.17) is 10.8 Å². The lowest BCUT2D eigenvalue weighted by Crippen LogP contribution is -2.37. The molecule has 1 atom stereocenters. The van der Waals surface area contributed by atoms with Crippen molar-refractivity contribution in [3.05, 3.63) is 23.8 Å². The van der Waals surface area contributed by atoms with Crippen LogP contribution in [0.2, 0.25) is 0 Å². The Kier molecular flexibility index (Phi) is 4.55. The summed E-state index contributed by atoms with van der Waals surface area (Å²) < 4.78 is 0. The summed E-state index contributed by atoms with van der Waals surface area (Å²) in [7, 11) is 5.46. The standard InChI is InChI=1S/C13H21N3O2/c1-9(8-17)16(4)13(18)10-5-6-12(15(2)3)11(14)7-10/h5-7,9,17H,8,14H2,1-4H3. The molecule has 0 heterocycles. The topological polar surface area (TPSA) is 69.8 Å². The van der Waals surface area contributed by atoms with Crippen molar-refractivity contribution in [2.45, 2.75) is 13.0 Å². The number of likely N-dealkylation sites (N-methyl/N-ethyl adjacent to an activating group) is 1. The second-order valence-electron chi connectivity index (χ2n) is 4.62. The van der Waals surface area contributed by atoms with Crippen LogP contribution in [0.3, 0.4) is 0 Å². The van der Waals surface area contributed by atoms with Crippen molar-refractivity contribution in [1.29, 1.82) is 0 Å². The average Bonchev–Trinajstić information content (AvgIpc) is 2.35. The average molecular weight is 251 g/mol. The molecule has 0 aliphatic rings. The molecule has 1 rings (SSSR count). The monoisotopic (exact) mass is 251 g/mol. The first-order valence-electron chi connectivity index (χ1n) is 5.83. The van der Waals surface area contributed by atoms with Crippen LogP contribution in [0.25, 0.3) is 0 Å². The number of aliphatic hydroxyl groups is 1. The maximum atomic E-state index is 12.1. The minimum atomic E-state index is -0.216. The minimum Gasteiger partial charge on any atom is -0.397 e. The van der Waals surface area contributed by atoms with Crippen LogP contribution in [0.4, 0.5) is 11.4 Å². The number of amides is 1. The quantitative estimate of drug-likeness (QED) is 0.776. The molecule has 0 aliphatic carbocycles. The summed E-state index contributed by atoms with van der Waals surface area (Å²) in [6, 6.07) is 5.01. The molecule has 0 fully saturated rings. The van der Waals surface area contributed by atoms with Crippen molar-refractivity contribution in [1.82, 2.24) is 4.90 Å². The molecule has 0 spiro atoms. The van der Waals surface area contributed by atoms with Gasteiger partial charge in [0, 0.05) is 26.7 Å². The molecule has 100 valence electrons. The molecule has 1 unspecified atom stereocenters. The Morgan fingerprint density at radius 1 is 1.39 bits per heavy atom. The fraction of sp³-hybridized carbons (Fsp3) is 0.462. The van der Waals surface area contributed by atoms with Crippen LogP contribution < -0.4 is 10.6 Å². The van der Waals surface area contributed by atoms with Gasteiger partial charge in [-0.25, -0.2) is 0 Å². The lowest BCUT2D eigenvalue weighted by atomic mass is 10.1. The van der Waals surface area contributed by atoms with E-state index in [9.17, 15) is 4.79 Å². The van der Waals surface area contributed by atoms with Crippen molar-refractivity contribution in [3.8, 4) is 0 Å². The lowest BCUT2D eigenvalue weighted by molar-refractivity contribution is 0.0682. The van der Waals surface area contributed by atoms with Crippen LogP contribution in [-0.2, 0) is 0 Å². The number of rotatable bonds is 4. The molecule has 0 aromatic heterocycles. The number of hydrogen-bond acceptors (Lipinski definition) is 4. The second-order valence-corrected chi connectivity index (χ2v) is 4.62. The highest BCUT2D eigenvalue weighted by atomic mass is 16.3. The van der Waals surface area contributed by atoms with Gasteiger partial charge in [-0.3, -0.25) is 4.79 Å². The number of carbonyl (C=O) groups excluding carboxylic acids is 1. The van der Waals surface area contributed by atoms with Crippen LogP contribution in [0, 0.1) is 0 Å². The summed E-state index contributed by atoms with van der Waals surface area (Å²) in [5.74, 6) is -0.145. The van der Waals surface area contributed by atoms with Gasteiger partial charge in [0.25, 0.3) is 5.91 Å². The van der Waals surface area contributed by atoms with Gasteiger partial charge >= 0.3 is 0 Å². The summed E-state index contributed by atoms with van der Waals surface area (Å²) >= 11 is 0. The fourth-order valence-electron chi connectivity index (χ4n) is 1.62. The van der Waals surface area contributed by atoms with Crippen molar-refractivity contribution < 1.29 is 9.90 Å². The SMILES string of the molecule is CC(CO)N(C)C(=O)c1ccc(N(C)C)c(N)c1. The summed E-state index contributed by atoms with van der Waals surface area (Å²) in [5.41, 5.74) is 7.88. The highest BCUT2D eigenvalue weighted by Crippen LogP contribution is 2.23. The molecule has 5 nitrogen and oxygen atoms in total. The summed E-state index contributed by atoms with van der Waals surface area (Å²) in [6.45, 7) is 1.73. The lowest BCUT2D eigenvalue weighted by Gasteiger charge is -2.24. The Morgan fingerprint density at radius 2 is 2.00 bits per heavy atom. The van der Waals surface area contributed by atoms with Gasteiger partial charge in [0.05, 0.1) is 24.0 Å². The first-order chi connectivity index (χ1) is 8.38. The van der Waals surface area contributed by atoms with Crippen LogP contribution in [0.1, 0.15) is 17.3 Å². The number of aliphatic hydroxyl groups excluding tert-OH is 1. The third kappa shape index (κ3) is 2.92. The van der Waals surface area contributed by atoms with Crippen molar-refractivity contribution in [3.63, 3.8) is 0 Å². The molecule has 3 N–H and O–H groups in total. The Morgan fingerprint density at radius 3 is 2.44 bits per heavy atom. The summed E-state index contributed by atoms with van der Waals surface area (Å²) in [6.07, 6.45) is 0. The van der Waals surface area contributed by atoms with Crippen LogP contribution in [-0.4, -0.2) is 49.7 Å². The molecule has 0 saturated heterocycles. The Balaban J connectivity index is 2.98. The second kappa shape index (κ2) is 5.73. The highest BCUT2D eigenvalue weighted by molar-refractivity contribution is 5.96. The molecular formula is C13H21N3O2. The Hall–Kier alpha value is -1.75. The van der Waals surface area contributed by atoms with E-state index in [0.717, 1.165) is 5.69 Å². The van der Waals surface area contributed by atoms with E-state index in [1.165, 1.54) is 4.90 Å². The number of nitrogens with zero attached hydrogens (tertiary/aromatic N) is 2. The number of nitrogens with two attached hydrogens (primary N) is 1. The van der Waals surface area contributed by atoms with Crippen LogP contribution >= 0.6 is 0 Å². The molecule has 0 aliphatic heterocycles. The largest absolute Gasteiger partial charge is 0.397 e. The van der Waals surface area contributed by atoms with Gasteiger partial charge in [-0.05, 0) is 25.1 Å². The van der Waals surface area contributed by atoms with Gasteiger partial charge in [-0.2, -0.15) is 0 Å². The van der Waals surface area contributed by atoms with Gasteiger partial charge < -0.3 is 20.6 Å². The fourth-order valence-corrected chi connectivity index (χ4v) is 1.62. The predicted octanol–water partition coefficient (Wildman–Crippen LogP) is 0.788. The van der Waals surface area contributed by atoms with E-state index in [0.29, 0.717) is 11.3 Å². The van der Waals surface area contributed by atoms with Gasteiger partial charge in [-0.1, -0.05) is 0 Å². The predicted molar refractivity (Wildman–Crippen MR) is 73.8 cm³/mol. The molecule has 1 aromatic rings. The number of hydrogen-bond donors (Lipinski definition) is 2. The maximum absolute atomic E-state index is 12.1. The van der Waals surface area contributed by atoms with Crippen molar-refractivity contribution >= 4 is 17.3 Å². The normalized spacial score (nSPS) is 12.1. The van der Waals surface area contributed by atoms with Crippen LogP contribution in [0.5, 0.6) is 0 Å². The molecule has 1 aromatic carbocycles. The Bertz CT molecular complexity index is 432. The molecule has 1 amide bonds. The van der Waals surface area contributed by atoms with Gasteiger partial charge in [0.1, 0.15) is 0 Å². The summed E-state index contributed by atoms with van der Waals surface area (Å²) in [5, 5.41) is 9.05. The zero-order chi connectivity index (χ0) is 13.9. The maximum Gasteiger partial charge on any atom is 0.253 e. The van der Waals surface area contributed by atoms with Gasteiger partial charge in [0.2, 0.25) is 0 Å².